The Labute approximate surface area is 233 Å². The largest absolute Gasteiger partial charge is 0.309 e. The van der Waals surface area contributed by atoms with Crippen LogP contribution in [0.25, 0.3) is 33.0 Å². The Bertz CT molecular complexity index is 1640. The van der Waals surface area contributed by atoms with Gasteiger partial charge in [-0.15, -0.1) is 0 Å². The zero-order chi connectivity index (χ0) is 27.8. The molecule has 192 valence electrons. The van der Waals surface area contributed by atoms with Gasteiger partial charge in [0.2, 0.25) is 0 Å². The minimum absolute atomic E-state index is 0.897. The molecule has 1 aliphatic carbocycles. The molecule has 0 heterocycles. The van der Waals surface area contributed by atoms with Crippen molar-refractivity contribution in [3.8, 4) is 11.1 Å². The molecule has 0 atom stereocenters. The van der Waals surface area contributed by atoms with E-state index in [1.807, 2.05) is 19.1 Å². The maximum absolute atomic E-state index is 7.53. The van der Waals surface area contributed by atoms with Gasteiger partial charge in [-0.25, -0.2) is 0 Å². The second-order valence-electron chi connectivity index (χ2n) is 9.52. The van der Waals surface area contributed by atoms with Crippen LogP contribution in [0.4, 0.5) is 0 Å². The smallest absolute Gasteiger partial charge is 0.0183 e. The molecule has 1 aliphatic rings. The van der Waals surface area contributed by atoms with E-state index in [-0.39, 0.29) is 0 Å². The summed E-state index contributed by atoms with van der Waals surface area (Å²) in [5.41, 5.74) is 11.2. The van der Waals surface area contributed by atoms with Crippen LogP contribution in [0.5, 0.6) is 0 Å². The van der Waals surface area contributed by atoms with Crippen molar-refractivity contribution in [3.05, 3.63) is 169 Å². The number of hydrogen-bond donors (Lipinski definition) is 1. The van der Waals surface area contributed by atoms with E-state index >= 15 is 0 Å². The fourth-order valence-electron chi connectivity index (χ4n) is 5.07. The van der Waals surface area contributed by atoms with E-state index < -0.39 is 0 Å². The standard InChI is InChI=1S/C38H35N/c1-6-29(7-2)34-17-10-9-15-31(34)16-11-14-28(5)32-24-27(4)25-33(26-32)36-19-13-20-37-35(18-12-21-38(36)37)30(8-3)22-23-39/h6-14,16-26,39H,1,3,5,15H2,2,4H3/b14-11-,29-7+,30-22+,31-16+,39-23?. The fraction of sp³-hybridized carbons (Fsp3) is 0.0789. The van der Waals surface area contributed by atoms with Crippen LogP contribution in [0.2, 0.25) is 0 Å². The Hall–Kier alpha value is -4.75. The van der Waals surface area contributed by atoms with Crippen molar-refractivity contribution in [1.82, 2.24) is 0 Å². The van der Waals surface area contributed by atoms with Crippen molar-refractivity contribution < 1.29 is 0 Å². The summed E-state index contributed by atoms with van der Waals surface area (Å²) in [6.45, 7) is 16.5. The number of rotatable bonds is 9. The third-order valence-electron chi connectivity index (χ3n) is 6.99. The van der Waals surface area contributed by atoms with E-state index in [0.717, 1.165) is 45.2 Å². The lowest BCUT2D eigenvalue weighted by Crippen LogP contribution is -1.95. The molecule has 0 aliphatic heterocycles. The highest BCUT2D eigenvalue weighted by atomic mass is 14.3. The lowest BCUT2D eigenvalue weighted by atomic mass is 9.90. The van der Waals surface area contributed by atoms with E-state index in [1.165, 1.54) is 33.9 Å². The molecular weight excluding hydrogens is 470 g/mol. The maximum atomic E-state index is 7.53. The van der Waals surface area contributed by atoms with Gasteiger partial charge in [0.1, 0.15) is 0 Å². The van der Waals surface area contributed by atoms with Crippen LogP contribution in [0.3, 0.4) is 0 Å². The van der Waals surface area contributed by atoms with Gasteiger partial charge >= 0.3 is 0 Å². The number of benzene rings is 3. The van der Waals surface area contributed by atoms with Crippen molar-refractivity contribution in [2.45, 2.75) is 20.3 Å². The summed E-state index contributed by atoms with van der Waals surface area (Å²) in [5, 5.41) is 9.84. The fourth-order valence-corrected chi connectivity index (χ4v) is 5.07. The van der Waals surface area contributed by atoms with Crippen LogP contribution in [0, 0.1) is 12.3 Å². The Kier molecular flexibility index (Phi) is 8.86. The van der Waals surface area contributed by atoms with Crippen molar-refractivity contribution in [1.29, 1.82) is 5.41 Å². The summed E-state index contributed by atoms with van der Waals surface area (Å²) in [7, 11) is 0. The minimum Gasteiger partial charge on any atom is -0.309 e. The molecule has 39 heavy (non-hydrogen) atoms. The van der Waals surface area contributed by atoms with Crippen molar-refractivity contribution in [3.63, 3.8) is 0 Å². The lowest BCUT2D eigenvalue weighted by molar-refractivity contribution is 1.20. The normalized spacial score (nSPS) is 15.0. The molecule has 1 heteroatoms. The summed E-state index contributed by atoms with van der Waals surface area (Å²) in [6, 6.07) is 19.4. The molecule has 0 saturated carbocycles. The SMILES string of the molecule is C=C/C(=C\C)C1=CC=CC/C1=C\C=C/C(=C)c1cc(C)cc(-c2cccc3c(/C(C=C)=C/C=N)cccc23)c1. The first-order chi connectivity index (χ1) is 19.0. The van der Waals surface area contributed by atoms with Crippen LogP contribution < -0.4 is 0 Å². The van der Waals surface area contributed by atoms with Crippen molar-refractivity contribution >= 4 is 28.1 Å². The van der Waals surface area contributed by atoms with Gasteiger partial charge in [0.15, 0.2) is 0 Å². The zero-order valence-electron chi connectivity index (χ0n) is 22.9. The Balaban J connectivity index is 1.70. The molecule has 0 fully saturated rings. The molecule has 0 bridgehead atoms. The highest BCUT2D eigenvalue weighted by molar-refractivity contribution is 6.05. The monoisotopic (exact) mass is 505 g/mol. The number of hydrogen-bond acceptors (Lipinski definition) is 1. The Morgan fingerprint density at radius 2 is 1.72 bits per heavy atom. The molecule has 0 unspecified atom stereocenters. The minimum atomic E-state index is 0.897. The van der Waals surface area contributed by atoms with Gasteiger partial charge < -0.3 is 5.41 Å². The number of fused-ring (bicyclic) bond motifs is 1. The predicted octanol–water partition coefficient (Wildman–Crippen LogP) is 10.5. The molecule has 0 saturated heterocycles. The van der Waals surface area contributed by atoms with Gasteiger partial charge in [0.05, 0.1) is 0 Å². The van der Waals surface area contributed by atoms with E-state index in [1.54, 1.807) is 6.08 Å². The van der Waals surface area contributed by atoms with Gasteiger partial charge in [0, 0.05) is 6.21 Å². The molecule has 0 amide bonds. The van der Waals surface area contributed by atoms with Gasteiger partial charge in [-0.1, -0.05) is 123 Å². The third-order valence-corrected chi connectivity index (χ3v) is 6.99. The second kappa shape index (κ2) is 12.7. The summed E-state index contributed by atoms with van der Waals surface area (Å²) < 4.78 is 0. The zero-order valence-corrected chi connectivity index (χ0v) is 22.9. The molecule has 4 rings (SSSR count). The molecular formula is C38H35N. The highest BCUT2D eigenvalue weighted by Crippen LogP contribution is 2.35. The van der Waals surface area contributed by atoms with Gasteiger partial charge in [-0.3, -0.25) is 0 Å². The Morgan fingerprint density at radius 1 is 0.949 bits per heavy atom. The first-order valence-corrected chi connectivity index (χ1v) is 13.2. The van der Waals surface area contributed by atoms with Gasteiger partial charge in [0.25, 0.3) is 0 Å². The molecule has 0 aromatic heterocycles. The molecule has 0 spiro atoms. The van der Waals surface area contributed by atoms with Crippen molar-refractivity contribution in [2.24, 2.45) is 0 Å². The summed E-state index contributed by atoms with van der Waals surface area (Å²) in [4.78, 5) is 0. The first-order valence-electron chi connectivity index (χ1n) is 13.2. The molecule has 3 aromatic rings. The van der Waals surface area contributed by atoms with Crippen molar-refractivity contribution in [2.75, 3.05) is 0 Å². The average molecular weight is 506 g/mol. The molecule has 1 N–H and O–H groups in total. The van der Waals surface area contributed by atoms with Gasteiger partial charge in [-0.05, 0) is 98.9 Å². The van der Waals surface area contributed by atoms with Crippen LogP contribution in [0.1, 0.15) is 30.0 Å². The van der Waals surface area contributed by atoms with Gasteiger partial charge in [-0.2, -0.15) is 0 Å². The molecule has 3 aromatic carbocycles. The van der Waals surface area contributed by atoms with E-state index in [9.17, 15) is 0 Å². The van der Waals surface area contributed by atoms with E-state index in [0.29, 0.717) is 0 Å². The lowest BCUT2D eigenvalue weighted by Gasteiger charge is -2.14. The summed E-state index contributed by atoms with van der Waals surface area (Å²) in [6.07, 6.45) is 22.6. The van der Waals surface area contributed by atoms with E-state index in [2.05, 4.69) is 124 Å². The summed E-state index contributed by atoms with van der Waals surface area (Å²) >= 11 is 0. The molecule has 0 radical (unpaired) electrons. The average Bonchev–Trinajstić information content (AvgIpc) is 2.96. The number of allylic oxidation sites excluding steroid dienone is 15. The maximum Gasteiger partial charge on any atom is 0.0183 e. The second-order valence-corrected chi connectivity index (χ2v) is 9.52. The highest BCUT2D eigenvalue weighted by Gasteiger charge is 2.11. The first kappa shape index (κ1) is 27.3. The Morgan fingerprint density at radius 3 is 2.46 bits per heavy atom. The quantitative estimate of drug-likeness (QED) is 0.221. The summed E-state index contributed by atoms with van der Waals surface area (Å²) in [5.74, 6) is 0. The topological polar surface area (TPSA) is 23.9 Å². The van der Waals surface area contributed by atoms with Crippen LogP contribution in [-0.4, -0.2) is 6.21 Å². The molecule has 1 nitrogen and oxygen atoms in total. The number of nitrogens with one attached hydrogen (secondary N) is 1. The van der Waals surface area contributed by atoms with Crippen LogP contribution in [-0.2, 0) is 0 Å². The predicted molar refractivity (Wildman–Crippen MR) is 173 cm³/mol. The number of aryl methyl sites for hydroxylation is 1. The van der Waals surface area contributed by atoms with E-state index in [4.69, 9.17) is 5.41 Å². The third kappa shape index (κ3) is 6.05. The van der Waals surface area contributed by atoms with Crippen LogP contribution in [0.15, 0.2) is 152 Å². The van der Waals surface area contributed by atoms with Crippen LogP contribution >= 0.6 is 0 Å².